The number of para-hydroxylation sites is 1. The first-order valence-electron chi connectivity index (χ1n) is 10.1. The number of carbonyl (C=O) groups is 1. The summed E-state index contributed by atoms with van der Waals surface area (Å²) in [6, 6.07) is 15.9. The molecule has 1 N–H and O–H groups in total. The molecule has 2 aromatic carbocycles. The van der Waals surface area contributed by atoms with E-state index in [1.54, 1.807) is 11.8 Å². The van der Waals surface area contributed by atoms with Crippen molar-refractivity contribution in [2.75, 3.05) is 7.11 Å². The van der Waals surface area contributed by atoms with Gasteiger partial charge in [-0.15, -0.1) is 5.10 Å². The zero-order valence-electron chi connectivity index (χ0n) is 17.5. The number of ether oxygens (including phenoxy) is 1. The molecule has 158 valence electrons. The van der Waals surface area contributed by atoms with Crippen LogP contribution in [0.1, 0.15) is 37.8 Å². The minimum atomic E-state index is -0.353. The summed E-state index contributed by atoms with van der Waals surface area (Å²) in [6.07, 6.45) is 3.41. The number of benzene rings is 2. The number of hydrogen-bond donors (Lipinski definition) is 1. The van der Waals surface area contributed by atoms with E-state index in [2.05, 4.69) is 39.9 Å². The van der Waals surface area contributed by atoms with Crippen molar-refractivity contribution in [1.82, 2.24) is 25.5 Å². The van der Waals surface area contributed by atoms with Crippen LogP contribution in [0.2, 0.25) is 0 Å². The molecule has 0 saturated carbocycles. The maximum absolute atomic E-state index is 12.6. The van der Waals surface area contributed by atoms with Crippen molar-refractivity contribution < 1.29 is 9.53 Å². The highest BCUT2D eigenvalue weighted by Gasteiger charge is 2.19. The summed E-state index contributed by atoms with van der Waals surface area (Å²) >= 11 is 1.33. The van der Waals surface area contributed by atoms with E-state index in [4.69, 9.17) is 4.74 Å². The van der Waals surface area contributed by atoms with E-state index in [9.17, 15) is 4.79 Å². The zero-order chi connectivity index (χ0) is 21.3. The summed E-state index contributed by atoms with van der Waals surface area (Å²) in [5.74, 6) is 0.666. The van der Waals surface area contributed by atoms with Crippen LogP contribution in [0.15, 0.2) is 53.7 Å². The number of amides is 1. The normalized spacial score (nSPS) is 11.8. The van der Waals surface area contributed by atoms with Gasteiger partial charge in [-0.1, -0.05) is 55.4 Å². The average Bonchev–Trinajstić information content (AvgIpc) is 3.24. The third-order valence-electron chi connectivity index (χ3n) is 4.74. The molecule has 8 heteroatoms. The van der Waals surface area contributed by atoms with Crippen LogP contribution in [-0.2, 0) is 17.8 Å². The van der Waals surface area contributed by atoms with Crippen molar-refractivity contribution in [2.45, 2.75) is 50.1 Å². The van der Waals surface area contributed by atoms with Gasteiger partial charge in [-0.3, -0.25) is 4.79 Å². The summed E-state index contributed by atoms with van der Waals surface area (Å²) in [7, 11) is 1.62. The number of aromatic nitrogens is 4. The molecule has 7 nitrogen and oxygen atoms in total. The number of aryl methyl sites for hydroxylation is 1. The maximum atomic E-state index is 12.6. The summed E-state index contributed by atoms with van der Waals surface area (Å²) in [6.45, 7) is 4.43. The van der Waals surface area contributed by atoms with Gasteiger partial charge in [-0.2, -0.15) is 4.68 Å². The SMILES string of the molecule is CCCCc1ccc(-n2nnnc2SC(C)C(=O)NCc2ccccc2OC)cc1. The van der Waals surface area contributed by atoms with Crippen molar-refractivity contribution in [3.63, 3.8) is 0 Å². The minimum Gasteiger partial charge on any atom is -0.496 e. The Labute approximate surface area is 181 Å². The van der Waals surface area contributed by atoms with E-state index in [1.165, 1.54) is 30.2 Å². The van der Waals surface area contributed by atoms with Crippen molar-refractivity contribution in [3.8, 4) is 11.4 Å². The van der Waals surface area contributed by atoms with E-state index in [-0.39, 0.29) is 11.2 Å². The lowest BCUT2D eigenvalue weighted by Gasteiger charge is -2.13. The summed E-state index contributed by atoms with van der Waals surface area (Å²) in [5.41, 5.74) is 3.11. The molecule has 1 atom stereocenters. The Kier molecular flexibility index (Phi) is 7.84. The molecule has 1 aromatic heterocycles. The van der Waals surface area contributed by atoms with Gasteiger partial charge in [0.2, 0.25) is 11.1 Å². The van der Waals surface area contributed by atoms with Gasteiger partial charge in [0.25, 0.3) is 0 Å². The van der Waals surface area contributed by atoms with Crippen LogP contribution in [0, 0.1) is 0 Å². The predicted molar refractivity (Wildman–Crippen MR) is 118 cm³/mol. The summed E-state index contributed by atoms with van der Waals surface area (Å²) in [4.78, 5) is 12.6. The summed E-state index contributed by atoms with van der Waals surface area (Å²) < 4.78 is 7.00. The quantitative estimate of drug-likeness (QED) is 0.498. The first-order chi connectivity index (χ1) is 14.6. The molecule has 3 rings (SSSR count). The van der Waals surface area contributed by atoms with E-state index in [0.717, 1.165) is 23.4 Å². The lowest BCUT2D eigenvalue weighted by molar-refractivity contribution is -0.120. The van der Waals surface area contributed by atoms with Crippen LogP contribution in [0.5, 0.6) is 5.75 Å². The second kappa shape index (κ2) is 10.8. The highest BCUT2D eigenvalue weighted by atomic mass is 32.2. The Morgan fingerprint density at radius 2 is 1.97 bits per heavy atom. The number of nitrogens with zero attached hydrogens (tertiary/aromatic N) is 4. The van der Waals surface area contributed by atoms with Crippen LogP contribution in [0.25, 0.3) is 5.69 Å². The molecule has 0 aliphatic rings. The van der Waals surface area contributed by atoms with E-state index < -0.39 is 0 Å². The van der Waals surface area contributed by atoms with E-state index in [1.807, 2.05) is 43.3 Å². The fraction of sp³-hybridized carbons (Fsp3) is 0.364. The fourth-order valence-corrected chi connectivity index (χ4v) is 3.82. The van der Waals surface area contributed by atoms with Crippen LogP contribution in [-0.4, -0.2) is 38.5 Å². The number of nitrogens with one attached hydrogen (secondary N) is 1. The number of tetrazole rings is 1. The van der Waals surface area contributed by atoms with Gasteiger partial charge < -0.3 is 10.1 Å². The molecule has 0 saturated heterocycles. The fourth-order valence-electron chi connectivity index (χ4n) is 2.99. The lowest BCUT2D eigenvalue weighted by Crippen LogP contribution is -2.30. The third-order valence-corrected chi connectivity index (χ3v) is 5.77. The number of carbonyl (C=O) groups excluding carboxylic acids is 1. The third kappa shape index (κ3) is 5.60. The van der Waals surface area contributed by atoms with Crippen LogP contribution < -0.4 is 10.1 Å². The van der Waals surface area contributed by atoms with E-state index >= 15 is 0 Å². The molecular weight excluding hydrogens is 398 g/mol. The number of rotatable bonds is 10. The van der Waals surface area contributed by atoms with Gasteiger partial charge >= 0.3 is 0 Å². The Balaban J connectivity index is 1.61. The van der Waals surface area contributed by atoms with Crippen LogP contribution >= 0.6 is 11.8 Å². The van der Waals surface area contributed by atoms with Crippen molar-refractivity contribution in [2.24, 2.45) is 0 Å². The molecule has 1 amide bonds. The molecule has 30 heavy (non-hydrogen) atoms. The zero-order valence-corrected chi connectivity index (χ0v) is 18.4. The summed E-state index contributed by atoms with van der Waals surface area (Å²) in [5, 5.41) is 15.2. The topological polar surface area (TPSA) is 81.9 Å². The molecule has 0 bridgehead atoms. The van der Waals surface area contributed by atoms with Gasteiger partial charge in [-0.05, 0) is 54.0 Å². The van der Waals surface area contributed by atoms with E-state index in [0.29, 0.717) is 11.7 Å². The van der Waals surface area contributed by atoms with Crippen molar-refractivity contribution in [1.29, 1.82) is 0 Å². The van der Waals surface area contributed by atoms with Gasteiger partial charge in [0.1, 0.15) is 5.75 Å². The van der Waals surface area contributed by atoms with Crippen molar-refractivity contribution >= 4 is 17.7 Å². The van der Waals surface area contributed by atoms with Crippen molar-refractivity contribution in [3.05, 3.63) is 59.7 Å². The second-order valence-electron chi connectivity index (χ2n) is 6.93. The van der Waals surface area contributed by atoms with Gasteiger partial charge in [-0.25, -0.2) is 0 Å². The largest absolute Gasteiger partial charge is 0.496 e. The minimum absolute atomic E-state index is 0.0876. The standard InChI is InChI=1S/C22H27N5O2S/c1-4-5-8-17-11-13-19(14-12-17)27-22(24-25-26-27)30-16(2)21(28)23-15-18-9-6-7-10-20(18)29-3/h6-7,9-14,16H,4-5,8,15H2,1-3H3,(H,23,28). The molecule has 3 aromatic rings. The molecule has 0 aliphatic heterocycles. The molecule has 0 aliphatic carbocycles. The first kappa shape index (κ1) is 21.8. The Morgan fingerprint density at radius 3 is 2.70 bits per heavy atom. The highest BCUT2D eigenvalue weighted by molar-refractivity contribution is 8.00. The molecule has 0 radical (unpaired) electrons. The van der Waals surface area contributed by atoms with Gasteiger partial charge in [0.05, 0.1) is 18.0 Å². The number of hydrogen-bond acceptors (Lipinski definition) is 6. The molecule has 1 heterocycles. The number of methoxy groups -OCH3 is 1. The number of unbranched alkanes of at least 4 members (excludes halogenated alkanes) is 1. The van der Waals surface area contributed by atoms with Crippen LogP contribution in [0.4, 0.5) is 0 Å². The molecule has 0 spiro atoms. The predicted octanol–water partition coefficient (Wildman–Crippen LogP) is 3.81. The first-order valence-corrected chi connectivity index (χ1v) is 10.9. The Morgan fingerprint density at radius 1 is 1.20 bits per heavy atom. The lowest BCUT2D eigenvalue weighted by atomic mass is 10.1. The Bertz CT molecular complexity index is 958. The smallest absolute Gasteiger partial charge is 0.233 e. The maximum Gasteiger partial charge on any atom is 0.233 e. The van der Waals surface area contributed by atoms with Crippen LogP contribution in [0.3, 0.4) is 0 Å². The monoisotopic (exact) mass is 425 g/mol. The Hall–Kier alpha value is -2.87. The molecule has 1 unspecified atom stereocenters. The molecule has 0 fully saturated rings. The number of thioether (sulfide) groups is 1. The molecular formula is C22H27N5O2S. The highest BCUT2D eigenvalue weighted by Crippen LogP contribution is 2.24. The average molecular weight is 426 g/mol. The van der Waals surface area contributed by atoms with Gasteiger partial charge in [0, 0.05) is 12.1 Å². The second-order valence-corrected chi connectivity index (χ2v) is 8.24. The van der Waals surface area contributed by atoms with Gasteiger partial charge in [0.15, 0.2) is 0 Å².